The van der Waals surface area contributed by atoms with Crippen LogP contribution in [0.15, 0.2) is 30.5 Å². The maximum absolute atomic E-state index is 2.56. The van der Waals surface area contributed by atoms with Crippen LogP contribution in [0.5, 0.6) is 0 Å². The molecule has 3 rings (SSSR count). The summed E-state index contributed by atoms with van der Waals surface area (Å²) in [7, 11) is 2.24. The molecule has 0 atom stereocenters. The Kier molecular flexibility index (Phi) is 6.16. The molecule has 1 aromatic heterocycles. The molecule has 0 radical (unpaired) electrons. The first-order valence-corrected chi connectivity index (χ1v) is 18.5. The number of rotatable bonds is 4. The number of pyridine rings is 1. The zero-order chi connectivity index (χ0) is 20.7. The molecule has 2 aromatic rings. The van der Waals surface area contributed by atoms with Crippen molar-refractivity contribution in [3.8, 4) is 11.3 Å². The van der Waals surface area contributed by atoms with E-state index in [1.807, 2.05) is 0 Å². The quantitative estimate of drug-likeness (QED) is 0.403. The van der Waals surface area contributed by atoms with E-state index in [1.165, 1.54) is 54.5 Å². The Morgan fingerprint density at radius 2 is 1.68 bits per heavy atom. The van der Waals surface area contributed by atoms with E-state index >= 15 is 0 Å². The molecule has 28 heavy (non-hydrogen) atoms. The molecule has 1 nitrogen and oxygen atoms in total. The molecule has 1 saturated carbocycles. The Morgan fingerprint density at radius 1 is 1.04 bits per heavy atom. The fraction of sp³-hybridized carbons (Fsp3) is 0.577. The SMILES string of the molecule is Cc1cc(C(C)(C)C)ccc1-c1c[c]([Ge]([CH3])([CH3])[CH3])c(CC2CCCC2)c[n+]1C. The van der Waals surface area contributed by atoms with Crippen molar-refractivity contribution < 1.29 is 4.57 Å². The summed E-state index contributed by atoms with van der Waals surface area (Å²) in [6.07, 6.45) is 9.47. The Labute approximate surface area is 175 Å². The molecular weight excluding hydrogens is 399 g/mol. The third-order valence-corrected chi connectivity index (χ3v) is 10.9. The third kappa shape index (κ3) is 4.72. The van der Waals surface area contributed by atoms with Gasteiger partial charge in [-0.1, -0.05) is 0 Å². The van der Waals surface area contributed by atoms with E-state index in [9.17, 15) is 0 Å². The fourth-order valence-electron chi connectivity index (χ4n) is 4.78. The van der Waals surface area contributed by atoms with Gasteiger partial charge in [-0.05, 0) is 0 Å². The molecule has 1 fully saturated rings. The maximum atomic E-state index is 2.56. The Bertz CT molecular complexity index is 846. The van der Waals surface area contributed by atoms with Crippen LogP contribution >= 0.6 is 0 Å². The Balaban J connectivity index is 2.07. The summed E-state index contributed by atoms with van der Waals surface area (Å²) in [5.74, 6) is 8.55. The zero-order valence-electron chi connectivity index (χ0n) is 19.4. The van der Waals surface area contributed by atoms with Crippen LogP contribution in [0.25, 0.3) is 11.3 Å². The van der Waals surface area contributed by atoms with Crippen LogP contribution in [0.2, 0.25) is 17.3 Å². The molecule has 0 bridgehead atoms. The molecule has 1 heterocycles. The van der Waals surface area contributed by atoms with Gasteiger partial charge >= 0.3 is 176 Å². The van der Waals surface area contributed by atoms with Crippen molar-refractivity contribution in [2.75, 3.05) is 0 Å². The van der Waals surface area contributed by atoms with Crippen molar-refractivity contribution in [3.05, 3.63) is 47.2 Å². The van der Waals surface area contributed by atoms with Crippen LogP contribution in [0.3, 0.4) is 0 Å². The Morgan fingerprint density at radius 3 is 2.21 bits per heavy atom. The topological polar surface area (TPSA) is 3.88 Å². The first-order valence-electron chi connectivity index (χ1n) is 11.1. The van der Waals surface area contributed by atoms with E-state index in [-0.39, 0.29) is 5.41 Å². The van der Waals surface area contributed by atoms with Crippen molar-refractivity contribution in [2.24, 2.45) is 13.0 Å². The van der Waals surface area contributed by atoms with Crippen LogP contribution in [0.4, 0.5) is 0 Å². The fourth-order valence-corrected chi connectivity index (χ4v) is 8.34. The van der Waals surface area contributed by atoms with Gasteiger partial charge in [-0.25, -0.2) is 0 Å². The first-order chi connectivity index (χ1) is 13.0. The van der Waals surface area contributed by atoms with E-state index in [0.717, 1.165) is 5.92 Å². The number of nitrogens with zero attached hydrogens (tertiary/aromatic N) is 1. The van der Waals surface area contributed by atoms with Gasteiger partial charge in [0.15, 0.2) is 0 Å². The number of aryl methyl sites for hydroxylation is 2. The van der Waals surface area contributed by atoms with Gasteiger partial charge < -0.3 is 0 Å². The zero-order valence-corrected chi connectivity index (χ0v) is 21.5. The standard InChI is InChI=1S/C26H40GeN/c1-19-15-22(26(2,3)4)13-14-23(19)25-17-24(27(5,6)7)21(18-28(25)8)16-20-11-9-10-12-20/h13-15,17-18,20H,9-12,16H2,1-8H3/q+1. The van der Waals surface area contributed by atoms with E-state index in [1.54, 1.807) is 9.96 Å². The molecule has 1 aliphatic carbocycles. The molecule has 0 spiro atoms. The van der Waals surface area contributed by atoms with Gasteiger partial charge in [-0.3, -0.25) is 0 Å². The molecule has 0 unspecified atom stereocenters. The number of benzene rings is 1. The van der Waals surface area contributed by atoms with Gasteiger partial charge in [0.05, 0.1) is 0 Å². The Hall–Kier alpha value is -1.09. The van der Waals surface area contributed by atoms with Gasteiger partial charge in [0, 0.05) is 0 Å². The molecule has 1 aliphatic rings. The van der Waals surface area contributed by atoms with Crippen LogP contribution in [0, 0.1) is 12.8 Å². The molecule has 0 saturated heterocycles. The summed E-state index contributed by atoms with van der Waals surface area (Å²) < 4.78 is 4.10. The summed E-state index contributed by atoms with van der Waals surface area (Å²) in [4.78, 5) is 0. The van der Waals surface area contributed by atoms with Crippen LogP contribution in [-0.4, -0.2) is 13.3 Å². The molecule has 152 valence electrons. The average molecular weight is 439 g/mol. The van der Waals surface area contributed by atoms with Gasteiger partial charge in [-0.2, -0.15) is 0 Å². The number of aromatic nitrogens is 1. The van der Waals surface area contributed by atoms with Crippen molar-refractivity contribution in [3.63, 3.8) is 0 Å². The molecule has 0 aliphatic heterocycles. The minimum absolute atomic E-state index is 0.197. The van der Waals surface area contributed by atoms with Gasteiger partial charge in [-0.15, -0.1) is 0 Å². The van der Waals surface area contributed by atoms with E-state index in [4.69, 9.17) is 0 Å². The van der Waals surface area contributed by atoms with E-state index in [2.05, 4.69) is 87.0 Å². The van der Waals surface area contributed by atoms with Crippen LogP contribution in [0.1, 0.15) is 63.1 Å². The summed E-state index contributed by atoms with van der Waals surface area (Å²) >= 11 is -1.96. The first kappa shape index (κ1) is 21.6. The summed E-state index contributed by atoms with van der Waals surface area (Å²) in [6, 6.07) is 9.62. The monoisotopic (exact) mass is 440 g/mol. The van der Waals surface area contributed by atoms with Crippen molar-refractivity contribution in [2.45, 2.75) is 82.5 Å². The minimum atomic E-state index is -1.96. The summed E-state index contributed by atoms with van der Waals surface area (Å²) in [6.45, 7) is 9.16. The predicted octanol–water partition coefficient (Wildman–Crippen LogP) is 6.06. The van der Waals surface area contributed by atoms with Gasteiger partial charge in [0.1, 0.15) is 0 Å². The second kappa shape index (κ2) is 7.97. The molecule has 0 amide bonds. The van der Waals surface area contributed by atoms with Crippen LogP contribution < -0.4 is 8.96 Å². The molecule has 2 heteroatoms. The molecule has 0 N–H and O–H groups in total. The second-order valence-corrected chi connectivity index (χ2v) is 21.7. The summed E-state index contributed by atoms with van der Waals surface area (Å²) in [5.41, 5.74) is 7.40. The van der Waals surface area contributed by atoms with Gasteiger partial charge in [0.2, 0.25) is 0 Å². The van der Waals surface area contributed by atoms with Crippen LogP contribution in [-0.2, 0) is 18.9 Å². The molecule has 1 aromatic carbocycles. The van der Waals surface area contributed by atoms with E-state index < -0.39 is 13.3 Å². The average Bonchev–Trinajstić information content (AvgIpc) is 3.06. The second-order valence-electron chi connectivity index (χ2n) is 11.1. The third-order valence-electron chi connectivity index (χ3n) is 6.52. The number of hydrogen-bond acceptors (Lipinski definition) is 0. The normalized spacial score (nSPS) is 16.0. The van der Waals surface area contributed by atoms with Gasteiger partial charge in [0.25, 0.3) is 0 Å². The van der Waals surface area contributed by atoms with E-state index in [0.29, 0.717) is 0 Å². The van der Waals surface area contributed by atoms with Crippen molar-refractivity contribution in [1.29, 1.82) is 0 Å². The molecular formula is C26H40GeN+. The van der Waals surface area contributed by atoms with Crippen molar-refractivity contribution in [1.82, 2.24) is 0 Å². The van der Waals surface area contributed by atoms with Crippen molar-refractivity contribution >= 4 is 17.7 Å². The predicted molar refractivity (Wildman–Crippen MR) is 125 cm³/mol. The number of hydrogen-bond donors (Lipinski definition) is 0. The summed E-state index contributed by atoms with van der Waals surface area (Å²) in [5, 5.41) is 0.